The van der Waals surface area contributed by atoms with E-state index in [1.807, 2.05) is 91.0 Å². The second-order valence-electron chi connectivity index (χ2n) is 25.5. The minimum atomic E-state index is -0.824. The summed E-state index contributed by atoms with van der Waals surface area (Å²) in [6, 6.07) is 81.5. The summed E-state index contributed by atoms with van der Waals surface area (Å²) in [5.74, 6) is 3.27. The van der Waals surface area contributed by atoms with Crippen LogP contribution in [0.15, 0.2) is 332 Å². The fourth-order valence-electron chi connectivity index (χ4n) is 11.6. The SMILES string of the molecule is COc1ccc2c(c1)oc(=O)n2C(=O)Oc1ccccc1.COc1ccc2c(c1)oc(=O)n2C(=S)Oc1ccccc1.COc1ccc2c(c1)oc(=S)n2C(=O)Oc1ccccc1.COc1ccc2c(c1)oc(=S)n2C(=S)Oc1ccccc1.O=[N+]([O-])c1ccc2c(c1)oc(=S)n2C(=S)Oc1ccccc1.O=c1oc2cc([N+](=O)[O-])ccc2n1C(=S)Oc1ccccc1. The Balaban J connectivity index is 0.000000131. The molecule has 33 nitrogen and oxygen atoms in total. The van der Waals surface area contributed by atoms with E-state index < -0.39 is 39.3 Å². The number of thiocarbonyl (C=S) groups is 4. The number of nitrogens with zero attached hydrogens (tertiary/aromatic N) is 8. The molecule has 6 heterocycles. The van der Waals surface area contributed by atoms with Crippen molar-refractivity contribution in [2.24, 2.45) is 0 Å². The lowest BCUT2D eigenvalue weighted by Gasteiger charge is -2.07. The summed E-state index contributed by atoms with van der Waals surface area (Å²) < 4.78 is 91.7. The zero-order valence-corrected chi connectivity index (χ0v) is 72.1. The maximum absolute atomic E-state index is 12.2. The van der Waals surface area contributed by atoms with Gasteiger partial charge in [-0.2, -0.15) is 4.57 Å². The van der Waals surface area contributed by atoms with Crippen LogP contribution in [-0.2, 0) is 0 Å². The molecule has 128 heavy (non-hydrogen) atoms. The first-order valence-corrected chi connectivity index (χ1v) is 39.8. The Bertz CT molecular complexity index is 6840. The number of non-ortho nitro benzene ring substituents is 2. The van der Waals surface area contributed by atoms with Gasteiger partial charge in [-0.05, 0) is 219 Å². The van der Waals surface area contributed by atoms with Gasteiger partial charge in [-0.3, -0.25) is 20.2 Å². The van der Waals surface area contributed by atoms with Crippen molar-refractivity contribution in [3.05, 3.63) is 358 Å². The number of para-hydroxylation sites is 6. The quantitative estimate of drug-likeness (QED) is 0.0623. The summed E-state index contributed by atoms with van der Waals surface area (Å²) in [5.41, 5.74) is 4.71. The van der Waals surface area contributed by atoms with Gasteiger partial charge in [0.25, 0.3) is 46.6 Å². The highest BCUT2D eigenvalue weighted by molar-refractivity contribution is 7.80. The van der Waals surface area contributed by atoms with E-state index in [-0.39, 0.29) is 63.3 Å². The summed E-state index contributed by atoms with van der Waals surface area (Å²) in [5, 5.41) is 21.7. The molecule has 18 aromatic rings. The Kier molecular flexibility index (Phi) is 29.1. The normalized spacial score (nSPS) is 10.5. The zero-order valence-electron chi connectivity index (χ0n) is 66.4. The van der Waals surface area contributed by atoms with Gasteiger partial charge < -0.3 is 73.9 Å². The summed E-state index contributed by atoms with van der Waals surface area (Å²) in [6.45, 7) is 0. The fourth-order valence-corrected chi connectivity index (χ4v) is 13.6. The number of nitro benzene ring substituents is 2. The van der Waals surface area contributed by atoms with Gasteiger partial charge in [-0.25, -0.2) is 46.8 Å². The van der Waals surface area contributed by atoms with E-state index in [4.69, 9.17) is 159 Å². The maximum Gasteiger partial charge on any atom is 0.429 e. The molecule has 0 spiro atoms. The molecule has 0 saturated heterocycles. The van der Waals surface area contributed by atoms with Crippen LogP contribution in [0, 0.1) is 34.7 Å². The molecule has 0 saturated carbocycles. The number of hydrogen-bond donors (Lipinski definition) is 0. The van der Waals surface area contributed by atoms with Crippen LogP contribution in [0.3, 0.4) is 0 Å². The molecule has 0 aliphatic carbocycles. The Morgan fingerprint density at radius 3 is 0.766 bits per heavy atom. The van der Waals surface area contributed by atoms with Crippen molar-refractivity contribution in [1.29, 1.82) is 0 Å². The Morgan fingerprint density at radius 2 is 0.477 bits per heavy atom. The number of benzene rings is 12. The summed E-state index contributed by atoms with van der Waals surface area (Å²) in [4.78, 5) is 80.8. The molecule has 0 aliphatic heterocycles. The Hall–Kier alpha value is -16.0. The smallest absolute Gasteiger partial charge is 0.429 e. The van der Waals surface area contributed by atoms with Gasteiger partial charge in [0.1, 0.15) is 63.0 Å². The highest BCUT2D eigenvalue weighted by Gasteiger charge is 2.24. The molecular weight excluding hydrogens is 1790 g/mol. The van der Waals surface area contributed by atoms with E-state index in [2.05, 4.69) is 0 Å². The number of fused-ring (bicyclic) bond motifs is 6. The second-order valence-corrected chi connectivity index (χ2v) is 27.9. The number of carbonyl (C=O) groups is 2. The van der Waals surface area contributed by atoms with Crippen LogP contribution in [-0.4, -0.2) is 98.6 Å². The van der Waals surface area contributed by atoms with Gasteiger partial charge in [0.05, 0.1) is 78.0 Å². The van der Waals surface area contributed by atoms with Gasteiger partial charge in [0, 0.05) is 36.4 Å². The maximum atomic E-state index is 12.2. The van der Waals surface area contributed by atoms with Crippen molar-refractivity contribution in [3.63, 3.8) is 0 Å². The van der Waals surface area contributed by atoms with Crippen molar-refractivity contribution >= 4 is 196 Å². The molecule has 0 N–H and O–H groups in total. The fraction of sp³-hybridized carbons (Fsp3) is 0.0455. The zero-order chi connectivity index (χ0) is 90.7. The number of carbonyl (C=O) groups excluding carboxylic acids is 2. The van der Waals surface area contributed by atoms with Crippen LogP contribution in [0.4, 0.5) is 21.0 Å². The Morgan fingerprint density at radius 1 is 0.266 bits per heavy atom. The topological polar surface area (TPSA) is 372 Å². The number of rotatable bonds is 12. The molecule has 6 aromatic heterocycles. The lowest BCUT2D eigenvalue weighted by atomic mass is 10.3. The molecular formula is C88H60N8O25S7. The minimum Gasteiger partial charge on any atom is -0.497 e. The highest BCUT2D eigenvalue weighted by atomic mass is 32.1. The van der Waals surface area contributed by atoms with Crippen LogP contribution in [0.25, 0.3) is 66.6 Å². The molecule has 40 heteroatoms. The number of oxazole rings is 6. The van der Waals surface area contributed by atoms with Crippen molar-refractivity contribution < 1.29 is 93.3 Å². The van der Waals surface area contributed by atoms with E-state index in [1.54, 1.807) is 184 Å². The number of nitro groups is 2. The lowest BCUT2D eigenvalue weighted by Crippen LogP contribution is -2.26. The molecule has 0 radical (unpaired) electrons. The summed E-state index contributed by atoms with van der Waals surface area (Å²) in [7, 11) is 6.19. The van der Waals surface area contributed by atoms with Gasteiger partial charge in [0.2, 0.25) is 0 Å². The number of aromatic nitrogens is 6. The van der Waals surface area contributed by atoms with E-state index in [1.165, 1.54) is 63.3 Å². The predicted octanol–water partition coefficient (Wildman–Crippen LogP) is 20.5. The van der Waals surface area contributed by atoms with Crippen LogP contribution in [0.5, 0.6) is 57.5 Å². The lowest BCUT2D eigenvalue weighted by molar-refractivity contribution is -0.384. The first-order chi connectivity index (χ1) is 61.9. The Labute approximate surface area is 755 Å². The molecule has 644 valence electrons. The number of methoxy groups -OCH3 is 4. The number of ether oxygens (including phenoxy) is 10. The third kappa shape index (κ3) is 21.6. The van der Waals surface area contributed by atoms with Crippen LogP contribution >= 0.6 is 85.5 Å². The van der Waals surface area contributed by atoms with Crippen molar-refractivity contribution in [3.8, 4) is 57.5 Å². The van der Waals surface area contributed by atoms with E-state index in [9.17, 15) is 44.2 Å². The van der Waals surface area contributed by atoms with Crippen molar-refractivity contribution in [1.82, 2.24) is 27.4 Å². The summed E-state index contributed by atoms with van der Waals surface area (Å²) >= 11 is 36.2. The molecule has 0 amide bonds. The van der Waals surface area contributed by atoms with Crippen molar-refractivity contribution in [2.45, 2.75) is 0 Å². The van der Waals surface area contributed by atoms with Gasteiger partial charge in [-0.15, -0.1) is 0 Å². The average molecular weight is 1850 g/mol. The van der Waals surface area contributed by atoms with Crippen LogP contribution < -0.4 is 64.6 Å². The average Bonchev–Trinajstić information content (AvgIpc) is 1.62. The first kappa shape index (κ1) is 89.8. The third-order valence-electron chi connectivity index (χ3n) is 17.5. The molecule has 0 fully saturated rings. The molecule has 0 bridgehead atoms. The highest BCUT2D eigenvalue weighted by Crippen LogP contribution is 2.30. The first-order valence-electron chi connectivity index (χ1n) is 36.9. The predicted molar refractivity (Wildman–Crippen MR) is 492 cm³/mol. The van der Waals surface area contributed by atoms with E-state index in [0.717, 1.165) is 14.7 Å². The van der Waals surface area contributed by atoms with Crippen LogP contribution in [0.1, 0.15) is 0 Å². The standard InChI is InChI=1S/C15H11NO5.2C15H11NO4S.C15H11NO3S2.C14H8N2O5S.C14H8N2O4S2/c1-19-11-7-8-12-13(9-11)21-15(18)16(12)14(17)20-10-5-3-2-4-6-10;1-18-11-7-8-12-13(9-11)20-14(17)16(12)15(21)19-10-5-3-2-4-6-10;1-18-11-7-8-12-13(9-11)20-15(21)16(12)14(17)19-10-5-3-2-4-6-10;1-17-11-7-8-12-13(9-11)19-15(21)16(12)14(20)18-10-5-3-2-4-6-10;17-13-15(14(22)20-10-4-2-1-3-5-10)11-7-6-9(16(18)19)8-12(11)21-13;17-16(18)9-6-7-11-12(8-9)20-14(22)15(11)13(21)19-10-4-2-1-3-5-10/h4*2-9H,1H3;2*1-8H. The van der Waals surface area contributed by atoms with Gasteiger partial charge >= 0.3 is 29.5 Å². The van der Waals surface area contributed by atoms with E-state index >= 15 is 0 Å². The second kappa shape index (κ2) is 41.5. The van der Waals surface area contributed by atoms with E-state index in [0.29, 0.717) is 102 Å². The molecule has 0 atom stereocenters. The summed E-state index contributed by atoms with van der Waals surface area (Å²) in [6.07, 6.45) is -1.44. The molecule has 12 aromatic carbocycles. The molecule has 0 unspecified atom stereocenters. The van der Waals surface area contributed by atoms with Crippen molar-refractivity contribution in [2.75, 3.05) is 28.4 Å². The van der Waals surface area contributed by atoms with Gasteiger partial charge in [0.15, 0.2) is 33.5 Å². The number of hydrogen-bond acceptors (Lipinski definition) is 32. The molecule has 18 rings (SSSR count). The third-order valence-corrected chi connectivity index (χ3v) is 19.3. The molecule has 0 aliphatic rings. The largest absolute Gasteiger partial charge is 0.497 e. The monoisotopic (exact) mass is 1850 g/mol. The van der Waals surface area contributed by atoms with Gasteiger partial charge in [-0.1, -0.05) is 109 Å². The minimum absolute atomic E-state index is 0.00937. The van der Waals surface area contributed by atoms with Crippen LogP contribution in [0.2, 0.25) is 0 Å².